The Bertz CT molecular complexity index is 747. The molecule has 0 spiro atoms. The fourth-order valence-electron chi connectivity index (χ4n) is 2.81. The van der Waals surface area contributed by atoms with E-state index in [0.717, 1.165) is 37.2 Å². The van der Waals surface area contributed by atoms with Gasteiger partial charge in [0, 0.05) is 12.1 Å². The van der Waals surface area contributed by atoms with Gasteiger partial charge in [0.15, 0.2) is 0 Å². The van der Waals surface area contributed by atoms with Crippen molar-refractivity contribution in [1.29, 1.82) is 0 Å². The minimum Gasteiger partial charge on any atom is -0.444 e. The minimum atomic E-state index is 0.696. The van der Waals surface area contributed by atoms with Gasteiger partial charge in [-0.3, -0.25) is 0 Å². The molecule has 1 aromatic heterocycles. The van der Waals surface area contributed by atoms with Gasteiger partial charge in [0.25, 0.3) is 0 Å². The van der Waals surface area contributed by atoms with E-state index in [-0.39, 0.29) is 0 Å². The van der Waals surface area contributed by atoms with Crippen LogP contribution in [0.4, 0.5) is 0 Å². The summed E-state index contributed by atoms with van der Waals surface area (Å²) < 4.78 is 5.64. The van der Waals surface area contributed by atoms with Crippen molar-refractivity contribution in [3.63, 3.8) is 0 Å². The molecule has 0 fully saturated rings. The minimum absolute atomic E-state index is 0.696. The first-order valence-electron chi connectivity index (χ1n) is 9.13. The summed E-state index contributed by atoms with van der Waals surface area (Å²) in [6.45, 7) is 3.87. The smallest absolute Gasteiger partial charge is 0.226 e. The summed E-state index contributed by atoms with van der Waals surface area (Å²) in [5.41, 5.74) is 4.70. The first-order chi connectivity index (χ1) is 12.3. The molecule has 3 nitrogen and oxygen atoms in total. The van der Waals surface area contributed by atoms with Gasteiger partial charge in [0.1, 0.15) is 6.26 Å². The number of nitrogens with one attached hydrogen (secondary N) is 1. The zero-order chi connectivity index (χ0) is 17.3. The second-order valence-electron chi connectivity index (χ2n) is 6.36. The topological polar surface area (TPSA) is 38.1 Å². The average Bonchev–Trinajstić information content (AvgIpc) is 3.14. The van der Waals surface area contributed by atoms with Crippen LogP contribution >= 0.6 is 0 Å². The van der Waals surface area contributed by atoms with Crippen molar-refractivity contribution < 1.29 is 4.42 Å². The van der Waals surface area contributed by atoms with E-state index in [9.17, 15) is 0 Å². The molecule has 2 aromatic carbocycles. The lowest BCUT2D eigenvalue weighted by Crippen LogP contribution is -2.16. The third-order valence-electron chi connectivity index (χ3n) is 4.31. The lowest BCUT2D eigenvalue weighted by Gasteiger charge is -2.02. The van der Waals surface area contributed by atoms with Crippen molar-refractivity contribution in [2.24, 2.45) is 0 Å². The second-order valence-corrected chi connectivity index (χ2v) is 6.36. The molecule has 3 rings (SSSR count). The number of unbranched alkanes of at least 4 members (excludes halogenated alkanes) is 1. The van der Waals surface area contributed by atoms with Crippen LogP contribution in [-0.4, -0.2) is 11.5 Å². The maximum atomic E-state index is 5.64. The SMILES string of the molecule is CCCCc1ccc(-c2nc(CNCCc3ccccc3)co2)cc1. The molecule has 1 N–H and O–H groups in total. The summed E-state index contributed by atoms with van der Waals surface area (Å²) in [7, 11) is 0. The number of nitrogens with zero attached hydrogens (tertiary/aromatic N) is 1. The quantitative estimate of drug-likeness (QED) is 0.559. The Hall–Kier alpha value is -2.39. The predicted molar refractivity (Wildman–Crippen MR) is 102 cm³/mol. The molecule has 3 heteroatoms. The molecule has 0 aliphatic carbocycles. The van der Waals surface area contributed by atoms with E-state index in [1.165, 1.54) is 24.0 Å². The molecule has 0 saturated carbocycles. The summed E-state index contributed by atoms with van der Waals surface area (Å²) >= 11 is 0. The highest BCUT2D eigenvalue weighted by Crippen LogP contribution is 2.20. The van der Waals surface area contributed by atoms with Crippen LogP contribution in [0.5, 0.6) is 0 Å². The molecule has 0 amide bonds. The number of hydrogen-bond donors (Lipinski definition) is 1. The van der Waals surface area contributed by atoms with Crippen molar-refractivity contribution >= 4 is 0 Å². The van der Waals surface area contributed by atoms with E-state index >= 15 is 0 Å². The van der Waals surface area contributed by atoms with E-state index < -0.39 is 0 Å². The van der Waals surface area contributed by atoms with Crippen molar-refractivity contribution in [1.82, 2.24) is 10.3 Å². The van der Waals surface area contributed by atoms with Gasteiger partial charge in [0.2, 0.25) is 5.89 Å². The zero-order valence-electron chi connectivity index (χ0n) is 14.9. The van der Waals surface area contributed by atoms with Crippen LogP contribution in [0.3, 0.4) is 0 Å². The second kappa shape index (κ2) is 9.19. The van der Waals surface area contributed by atoms with Crippen molar-refractivity contribution in [2.45, 2.75) is 39.2 Å². The van der Waals surface area contributed by atoms with Crippen LogP contribution < -0.4 is 5.32 Å². The Morgan fingerprint density at radius 1 is 0.920 bits per heavy atom. The number of oxazole rings is 1. The molecule has 130 valence electrons. The van der Waals surface area contributed by atoms with Crippen LogP contribution in [0, 0.1) is 0 Å². The number of benzene rings is 2. The predicted octanol–water partition coefficient (Wildman–Crippen LogP) is 5.02. The summed E-state index contributed by atoms with van der Waals surface area (Å²) in [5, 5.41) is 3.42. The molecule has 1 heterocycles. The molecule has 0 bridgehead atoms. The Balaban J connectivity index is 1.48. The molecule has 0 radical (unpaired) electrons. The third-order valence-corrected chi connectivity index (χ3v) is 4.31. The summed E-state index contributed by atoms with van der Waals surface area (Å²) in [5.74, 6) is 0.696. The maximum Gasteiger partial charge on any atom is 0.226 e. The fraction of sp³-hybridized carbons (Fsp3) is 0.318. The standard InChI is InChI=1S/C22H26N2O/c1-2-3-7-19-10-12-20(13-11-19)22-24-21(17-25-22)16-23-15-14-18-8-5-4-6-9-18/h4-6,8-13,17,23H,2-3,7,14-16H2,1H3. The van der Waals surface area contributed by atoms with Crippen LogP contribution in [0.2, 0.25) is 0 Å². The van der Waals surface area contributed by atoms with E-state index in [2.05, 4.69) is 65.8 Å². The Morgan fingerprint density at radius 2 is 1.68 bits per heavy atom. The van der Waals surface area contributed by atoms with E-state index in [4.69, 9.17) is 4.42 Å². The van der Waals surface area contributed by atoms with Crippen molar-refractivity contribution in [3.8, 4) is 11.5 Å². The number of aromatic nitrogens is 1. The van der Waals surface area contributed by atoms with E-state index in [0.29, 0.717) is 5.89 Å². The highest BCUT2D eigenvalue weighted by atomic mass is 16.3. The number of aryl methyl sites for hydroxylation is 1. The highest BCUT2D eigenvalue weighted by Gasteiger charge is 2.06. The Morgan fingerprint density at radius 3 is 2.44 bits per heavy atom. The molecular weight excluding hydrogens is 308 g/mol. The molecule has 0 saturated heterocycles. The van der Waals surface area contributed by atoms with E-state index in [1.807, 2.05) is 6.07 Å². The van der Waals surface area contributed by atoms with Crippen LogP contribution in [0.1, 0.15) is 36.6 Å². The average molecular weight is 334 g/mol. The van der Waals surface area contributed by atoms with Crippen molar-refractivity contribution in [3.05, 3.63) is 77.7 Å². The normalized spacial score (nSPS) is 10.9. The molecule has 3 aromatic rings. The third kappa shape index (κ3) is 5.30. The monoisotopic (exact) mass is 334 g/mol. The van der Waals surface area contributed by atoms with Crippen LogP contribution in [0.25, 0.3) is 11.5 Å². The van der Waals surface area contributed by atoms with Gasteiger partial charge in [-0.05, 0) is 49.1 Å². The summed E-state index contributed by atoms with van der Waals surface area (Å²) in [6, 6.07) is 19.1. The van der Waals surface area contributed by atoms with Crippen LogP contribution in [-0.2, 0) is 19.4 Å². The Kier molecular flexibility index (Phi) is 6.41. The molecular formula is C22H26N2O. The molecule has 25 heavy (non-hydrogen) atoms. The Labute approximate surface area is 150 Å². The molecule has 0 unspecified atom stereocenters. The van der Waals surface area contributed by atoms with Gasteiger partial charge in [-0.25, -0.2) is 4.98 Å². The van der Waals surface area contributed by atoms with Gasteiger partial charge in [-0.15, -0.1) is 0 Å². The van der Waals surface area contributed by atoms with Gasteiger partial charge >= 0.3 is 0 Å². The highest BCUT2D eigenvalue weighted by molar-refractivity contribution is 5.53. The van der Waals surface area contributed by atoms with Crippen LogP contribution in [0.15, 0.2) is 65.3 Å². The zero-order valence-corrected chi connectivity index (χ0v) is 14.9. The van der Waals surface area contributed by atoms with E-state index in [1.54, 1.807) is 6.26 Å². The first kappa shape index (κ1) is 17.4. The lowest BCUT2D eigenvalue weighted by molar-refractivity contribution is 0.570. The molecule has 0 aliphatic heterocycles. The first-order valence-corrected chi connectivity index (χ1v) is 9.13. The number of hydrogen-bond acceptors (Lipinski definition) is 3. The van der Waals surface area contributed by atoms with Gasteiger partial charge in [-0.1, -0.05) is 55.8 Å². The summed E-state index contributed by atoms with van der Waals surface area (Å²) in [6.07, 6.45) is 6.36. The van der Waals surface area contributed by atoms with Gasteiger partial charge in [0.05, 0.1) is 5.69 Å². The van der Waals surface area contributed by atoms with Gasteiger partial charge < -0.3 is 9.73 Å². The molecule has 0 aliphatic rings. The number of rotatable bonds is 9. The maximum absolute atomic E-state index is 5.64. The fourth-order valence-corrected chi connectivity index (χ4v) is 2.81. The molecule has 0 atom stereocenters. The largest absolute Gasteiger partial charge is 0.444 e. The lowest BCUT2D eigenvalue weighted by atomic mass is 10.1. The van der Waals surface area contributed by atoms with Gasteiger partial charge in [-0.2, -0.15) is 0 Å². The summed E-state index contributed by atoms with van der Waals surface area (Å²) in [4.78, 5) is 4.59. The van der Waals surface area contributed by atoms with Crippen molar-refractivity contribution in [2.75, 3.05) is 6.54 Å².